The van der Waals surface area contributed by atoms with Crippen molar-refractivity contribution in [3.8, 4) is 0 Å². The van der Waals surface area contributed by atoms with Gasteiger partial charge in [0, 0.05) is 191 Å². The van der Waals surface area contributed by atoms with Crippen LogP contribution in [-0.2, 0) is 168 Å². The molecule has 8 heteroatoms. The molecule has 1 fully saturated rings. The van der Waals surface area contributed by atoms with Crippen molar-refractivity contribution in [2.24, 2.45) is 5.92 Å². The van der Waals surface area contributed by atoms with E-state index in [1.807, 2.05) is 18.7 Å². The Morgan fingerprint density at radius 3 is 1.47 bits per heavy atom. The number of carbonyl (C=O) groups excluding carboxylic acids is 1. The maximum atomic E-state index is 11.1. The number of likely N-dealkylation sites (tertiary alicyclic amines) is 1. The smallest absolute Gasteiger partial charge is 0.225 e. The van der Waals surface area contributed by atoms with Crippen molar-refractivity contribution in [3.63, 3.8) is 0 Å². The second kappa shape index (κ2) is 34.4. The van der Waals surface area contributed by atoms with Crippen molar-refractivity contribution in [3.05, 3.63) is 7.43 Å². The van der Waals surface area contributed by atoms with Crippen molar-refractivity contribution < 1.29 is 168 Å². The van der Waals surface area contributed by atoms with Gasteiger partial charge >= 0.3 is 0 Å². The summed E-state index contributed by atoms with van der Waals surface area (Å²) in [4.78, 5) is 13.0. The zero-order chi connectivity index (χ0) is 9.56. The molecule has 8 radical (unpaired) electrons. The maximum Gasteiger partial charge on any atom is 0.225 e. The van der Waals surface area contributed by atoms with Crippen LogP contribution in [-0.4, -0.2) is 32.3 Å². The molecule has 1 aliphatic rings. The fourth-order valence-electron chi connectivity index (χ4n) is 1.21. The standard InChI is InChI=1S/C7H13NO.C3H8.CH3.B.5Y/c1-3-8-5-4-6(2)7(8)9;1-3-2;;;;;;;/h6H,3-5H2,1-2H3;3H2,1-2H3;1H3;;;;;;/q;;-1;;;;;;. The van der Waals surface area contributed by atoms with E-state index in [2.05, 4.69) is 13.8 Å². The molecule has 1 saturated heterocycles. The van der Waals surface area contributed by atoms with Gasteiger partial charge in [-0.05, 0) is 13.3 Å². The first kappa shape index (κ1) is 49.6. The number of carbonyl (C=O) groups is 1. The van der Waals surface area contributed by atoms with Crippen LogP contribution in [0.3, 0.4) is 0 Å². The van der Waals surface area contributed by atoms with Gasteiger partial charge in [0.1, 0.15) is 0 Å². The van der Waals surface area contributed by atoms with Crippen molar-refractivity contribution >= 4 is 14.3 Å². The van der Waals surface area contributed by atoms with E-state index in [4.69, 9.17) is 0 Å². The van der Waals surface area contributed by atoms with Crippen molar-refractivity contribution in [1.29, 1.82) is 0 Å². The van der Waals surface area contributed by atoms with Crippen LogP contribution in [0, 0.1) is 13.3 Å². The molecule has 0 aliphatic carbocycles. The summed E-state index contributed by atoms with van der Waals surface area (Å²) in [5.41, 5.74) is 0. The van der Waals surface area contributed by atoms with Gasteiger partial charge in [-0.2, -0.15) is 0 Å². The molecule has 2 nitrogen and oxygen atoms in total. The average molecular weight is 642 g/mol. The Labute approximate surface area is 249 Å². The molecule has 19 heavy (non-hydrogen) atoms. The molecule has 0 N–H and O–H groups in total. The van der Waals surface area contributed by atoms with Crippen LogP contribution in [0.25, 0.3) is 0 Å². The van der Waals surface area contributed by atoms with Crippen molar-refractivity contribution in [1.82, 2.24) is 4.90 Å². The molecule has 0 aromatic carbocycles. The van der Waals surface area contributed by atoms with Gasteiger partial charge in [0.2, 0.25) is 5.91 Å². The molecule has 0 aromatic rings. The molecule has 1 atom stereocenters. The number of amides is 1. The normalized spacial score (nSPS) is 14.0. The molecule has 1 heterocycles. The Morgan fingerprint density at radius 2 is 1.37 bits per heavy atom. The second-order valence-corrected chi connectivity index (χ2v) is 3.31. The van der Waals surface area contributed by atoms with Crippen LogP contribution in [0.2, 0.25) is 0 Å². The molecule has 98 valence electrons. The van der Waals surface area contributed by atoms with Crippen LogP contribution in [0.4, 0.5) is 0 Å². The molecule has 0 bridgehead atoms. The molecular formula is C11H24BNOY5-. The fraction of sp³-hybridized carbons (Fsp3) is 0.818. The predicted molar refractivity (Wildman–Crippen MR) is 64.2 cm³/mol. The Balaban J connectivity index is -0.0000000188. The molecular weight excluding hydrogens is 617 g/mol. The third-order valence-electron chi connectivity index (χ3n) is 1.95. The van der Waals surface area contributed by atoms with Gasteiger partial charge in [-0.15, -0.1) is 0 Å². The molecule has 0 aromatic heterocycles. The second-order valence-electron chi connectivity index (χ2n) is 3.31. The van der Waals surface area contributed by atoms with Gasteiger partial charge in [0.15, 0.2) is 0 Å². The Bertz CT molecular complexity index is 155. The van der Waals surface area contributed by atoms with E-state index in [1.54, 1.807) is 0 Å². The van der Waals surface area contributed by atoms with Gasteiger partial charge < -0.3 is 12.3 Å². The molecule has 0 spiro atoms. The number of hydrogen-bond donors (Lipinski definition) is 0. The summed E-state index contributed by atoms with van der Waals surface area (Å²) in [6.07, 6.45) is 2.30. The van der Waals surface area contributed by atoms with E-state index in [0.717, 1.165) is 19.5 Å². The van der Waals surface area contributed by atoms with E-state index >= 15 is 0 Å². The summed E-state index contributed by atoms with van der Waals surface area (Å²) in [5.74, 6) is 0.613. The first-order valence-corrected chi connectivity index (χ1v) is 4.96. The van der Waals surface area contributed by atoms with Crippen molar-refractivity contribution in [2.45, 2.75) is 40.5 Å². The minimum absolute atomic E-state index is 0. The summed E-state index contributed by atoms with van der Waals surface area (Å²) in [6, 6.07) is 0. The Morgan fingerprint density at radius 1 is 1.05 bits per heavy atom. The Kier molecular flexibility index (Phi) is 89.8. The van der Waals surface area contributed by atoms with Crippen LogP contribution in [0.15, 0.2) is 0 Å². The van der Waals surface area contributed by atoms with Gasteiger partial charge in [-0.25, -0.2) is 0 Å². The summed E-state index contributed by atoms with van der Waals surface area (Å²) >= 11 is 0. The molecule has 1 rings (SSSR count). The zero-order valence-electron chi connectivity index (χ0n) is 13.2. The van der Waals surface area contributed by atoms with Crippen molar-refractivity contribution in [2.75, 3.05) is 13.1 Å². The number of rotatable bonds is 1. The topological polar surface area (TPSA) is 20.3 Å². The first-order chi connectivity index (χ1) is 5.67. The van der Waals surface area contributed by atoms with E-state index in [-0.39, 0.29) is 185 Å². The van der Waals surface area contributed by atoms with Crippen LogP contribution >= 0.6 is 0 Å². The zero-order valence-corrected chi connectivity index (χ0v) is 27.4. The summed E-state index contributed by atoms with van der Waals surface area (Å²) < 4.78 is 0. The van der Waals surface area contributed by atoms with E-state index in [0.29, 0.717) is 5.91 Å². The van der Waals surface area contributed by atoms with Gasteiger partial charge in [-0.3, -0.25) is 4.79 Å². The molecule has 1 aliphatic heterocycles. The summed E-state index contributed by atoms with van der Waals surface area (Å²) in [6.45, 7) is 10.1. The number of nitrogens with zero attached hydrogens (tertiary/aromatic N) is 1. The predicted octanol–water partition coefficient (Wildman–Crippen LogP) is 2.35. The number of hydrogen-bond acceptors (Lipinski definition) is 1. The minimum atomic E-state index is 0. The largest absolute Gasteiger partial charge is 0.358 e. The van der Waals surface area contributed by atoms with Crippen LogP contribution < -0.4 is 0 Å². The van der Waals surface area contributed by atoms with Gasteiger partial charge in [0.25, 0.3) is 0 Å². The fourth-order valence-corrected chi connectivity index (χ4v) is 1.21. The van der Waals surface area contributed by atoms with Crippen LogP contribution in [0.5, 0.6) is 0 Å². The Hall–Kier alpha value is 5.05. The quantitative estimate of drug-likeness (QED) is 0.318. The van der Waals surface area contributed by atoms with E-state index in [9.17, 15) is 4.79 Å². The third kappa shape index (κ3) is 25.4. The van der Waals surface area contributed by atoms with Gasteiger partial charge in [0.05, 0.1) is 0 Å². The SMILES string of the molecule is CCC.CCN1CCC(C)C1=O.[B].[CH3-].[Y].[Y].[Y].[Y].[Y]. The minimum Gasteiger partial charge on any atom is -0.358 e. The molecule has 1 amide bonds. The monoisotopic (exact) mass is 642 g/mol. The van der Waals surface area contributed by atoms with E-state index in [1.165, 1.54) is 6.42 Å². The van der Waals surface area contributed by atoms with Gasteiger partial charge in [-0.1, -0.05) is 27.2 Å². The molecule has 0 saturated carbocycles. The molecule has 1 unspecified atom stereocenters. The summed E-state index contributed by atoms with van der Waals surface area (Å²) in [7, 11) is 0. The van der Waals surface area contributed by atoms with E-state index < -0.39 is 0 Å². The maximum absolute atomic E-state index is 11.1. The van der Waals surface area contributed by atoms with Crippen LogP contribution in [0.1, 0.15) is 40.5 Å². The average Bonchev–Trinajstić information content (AvgIpc) is 2.35. The first-order valence-electron chi connectivity index (χ1n) is 4.96. The third-order valence-corrected chi connectivity index (χ3v) is 1.95. The summed E-state index contributed by atoms with van der Waals surface area (Å²) in [5, 5.41) is 0.